The van der Waals surface area contributed by atoms with E-state index < -0.39 is 29.1 Å². The number of rotatable bonds is 11. The summed E-state index contributed by atoms with van der Waals surface area (Å²) >= 11 is 0. The van der Waals surface area contributed by atoms with Crippen molar-refractivity contribution in [2.45, 2.75) is 31.8 Å². The molecule has 0 radical (unpaired) electrons. The van der Waals surface area contributed by atoms with Crippen molar-refractivity contribution in [1.82, 2.24) is 9.88 Å². The molecule has 8 nitrogen and oxygen atoms in total. The Morgan fingerprint density at radius 2 is 1.87 bits per heavy atom. The molecule has 3 aromatic rings. The minimum absolute atomic E-state index is 0.288. The first kappa shape index (κ1) is 28.5. The molecule has 1 atom stereocenters. The number of aromatic nitrogens is 1. The summed E-state index contributed by atoms with van der Waals surface area (Å²) < 4.78 is 32.2. The number of carboxylic acid groups (broad SMARTS) is 1. The van der Waals surface area contributed by atoms with Crippen molar-refractivity contribution >= 4 is 28.2 Å². The Morgan fingerprint density at radius 1 is 1.18 bits per heavy atom. The fraction of sp³-hybridized carbons (Fsp3) is 0.448. The fourth-order valence-corrected chi connectivity index (χ4v) is 5.36. The van der Waals surface area contributed by atoms with Gasteiger partial charge in [-0.25, -0.2) is 8.78 Å². The van der Waals surface area contributed by atoms with Gasteiger partial charge in [-0.05, 0) is 69.1 Å². The number of aliphatic hydroxyl groups is 1. The van der Waals surface area contributed by atoms with Crippen LogP contribution in [0.4, 0.5) is 20.2 Å². The zero-order valence-corrected chi connectivity index (χ0v) is 22.6. The molecule has 0 aliphatic carbocycles. The molecule has 210 valence electrons. The molecule has 3 N–H and O–H groups in total. The summed E-state index contributed by atoms with van der Waals surface area (Å²) in [6.07, 6.45) is 2.37. The lowest BCUT2D eigenvalue weighted by atomic mass is 9.74. The number of benzene rings is 2. The van der Waals surface area contributed by atoms with Crippen LogP contribution in [0.5, 0.6) is 5.75 Å². The van der Waals surface area contributed by atoms with E-state index in [4.69, 9.17) is 4.74 Å². The number of hydrogen-bond donors (Lipinski definition) is 3. The summed E-state index contributed by atoms with van der Waals surface area (Å²) in [4.78, 5) is 21.0. The molecule has 1 saturated heterocycles. The maximum atomic E-state index is 13.4. The molecular formula is C29H36F2N4O4. The molecule has 1 aliphatic rings. The van der Waals surface area contributed by atoms with Crippen LogP contribution in [0.2, 0.25) is 0 Å². The lowest BCUT2D eigenvalue weighted by Gasteiger charge is -2.39. The average Bonchev–Trinajstić information content (AvgIpc) is 2.90. The van der Waals surface area contributed by atoms with E-state index >= 15 is 0 Å². The highest BCUT2D eigenvalue weighted by molar-refractivity contribution is 5.88. The number of nitrogens with one attached hydrogen (secondary N) is 1. The highest BCUT2D eigenvalue weighted by Crippen LogP contribution is 2.41. The van der Waals surface area contributed by atoms with Crippen molar-refractivity contribution in [2.24, 2.45) is 5.41 Å². The number of anilines is 2. The zero-order chi connectivity index (χ0) is 28.2. The number of carboxylic acids is 1. The van der Waals surface area contributed by atoms with Crippen molar-refractivity contribution in [2.75, 3.05) is 57.6 Å². The third-order valence-electron chi connectivity index (χ3n) is 7.69. The molecule has 1 aliphatic heterocycles. The zero-order valence-electron chi connectivity index (χ0n) is 22.6. The van der Waals surface area contributed by atoms with Crippen LogP contribution in [0.1, 0.15) is 37.4 Å². The van der Waals surface area contributed by atoms with Gasteiger partial charge < -0.3 is 30.1 Å². The minimum atomic E-state index is -0.935. The van der Waals surface area contributed by atoms with Gasteiger partial charge in [0.1, 0.15) is 17.4 Å². The van der Waals surface area contributed by atoms with Crippen LogP contribution < -0.4 is 15.0 Å². The second-order valence-corrected chi connectivity index (χ2v) is 10.4. The topological polar surface area (TPSA) is 98.2 Å². The Labute approximate surface area is 227 Å². The first-order valence-corrected chi connectivity index (χ1v) is 13.1. The number of aliphatic carboxylic acids is 1. The summed E-state index contributed by atoms with van der Waals surface area (Å²) in [5, 5.41) is 25.4. The summed E-state index contributed by atoms with van der Waals surface area (Å²) in [6.45, 7) is 2.26. The van der Waals surface area contributed by atoms with E-state index in [2.05, 4.69) is 15.2 Å². The number of ether oxygens (including phenoxy) is 1. The van der Waals surface area contributed by atoms with Crippen LogP contribution in [0.3, 0.4) is 0 Å². The van der Waals surface area contributed by atoms with E-state index in [-0.39, 0.29) is 6.42 Å². The highest BCUT2D eigenvalue weighted by atomic mass is 19.1. The first-order chi connectivity index (χ1) is 18.6. The van der Waals surface area contributed by atoms with Crippen molar-refractivity contribution in [3.63, 3.8) is 0 Å². The molecular weight excluding hydrogens is 506 g/mol. The Hall–Kier alpha value is -3.50. The Kier molecular flexibility index (Phi) is 8.87. The Balaban J connectivity index is 1.41. The van der Waals surface area contributed by atoms with Gasteiger partial charge in [-0.1, -0.05) is 0 Å². The maximum Gasteiger partial charge on any atom is 0.309 e. The van der Waals surface area contributed by atoms with E-state index in [1.807, 2.05) is 37.2 Å². The molecule has 0 amide bonds. The molecule has 0 saturated carbocycles. The number of nitrogens with zero attached hydrogens (tertiary/aromatic N) is 3. The third-order valence-corrected chi connectivity index (χ3v) is 7.69. The second-order valence-electron chi connectivity index (χ2n) is 10.4. The molecule has 0 unspecified atom stereocenters. The van der Waals surface area contributed by atoms with Crippen LogP contribution in [-0.4, -0.2) is 73.5 Å². The quantitative estimate of drug-likeness (QED) is 0.321. The van der Waals surface area contributed by atoms with Crippen LogP contribution in [-0.2, 0) is 4.79 Å². The number of hydrogen-bond acceptors (Lipinski definition) is 7. The summed E-state index contributed by atoms with van der Waals surface area (Å²) in [7, 11) is 5.35. The van der Waals surface area contributed by atoms with Crippen molar-refractivity contribution in [3.8, 4) is 5.75 Å². The fourth-order valence-electron chi connectivity index (χ4n) is 5.36. The minimum Gasteiger partial charge on any atom is -0.497 e. The number of carbonyl (C=O) groups is 1. The van der Waals surface area contributed by atoms with Crippen molar-refractivity contribution < 1.29 is 28.5 Å². The van der Waals surface area contributed by atoms with E-state index in [1.165, 1.54) is 12.1 Å². The van der Waals surface area contributed by atoms with E-state index in [0.29, 0.717) is 62.4 Å². The normalized spacial score (nSPS) is 16.2. The van der Waals surface area contributed by atoms with E-state index in [1.54, 1.807) is 13.3 Å². The lowest BCUT2D eigenvalue weighted by Crippen LogP contribution is -2.45. The summed E-state index contributed by atoms with van der Waals surface area (Å²) in [5.41, 5.74) is 1.65. The molecule has 4 rings (SSSR count). The SMILES string of the molecule is COc1ccc2ncc(N(C)C)c([C@H](O)CCC3(C(=O)O)CCN(CCNc4cc(F)cc(F)c4)CC3)c2c1. The van der Waals surface area contributed by atoms with E-state index in [0.717, 1.165) is 22.7 Å². The second kappa shape index (κ2) is 12.1. The molecule has 39 heavy (non-hydrogen) atoms. The van der Waals surface area contributed by atoms with E-state index in [9.17, 15) is 23.8 Å². The van der Waals surface area contributed by atoms with Gasteiger partial charge in [-0.15, -0.1) is 0 Å². The molecule has 1 fully saturated rings. The van der Waals surface area contributed by atoms with Gasteiger partial charge in [0.2, 0.25) is 0 Å². The van der Waals surface area contributed by atoms with Gasteiger partial charge in [-0.2, -0.15) is 0 Å². The van der Waals surface area contributed by atoms with Gasteiger partial charge in [-0.3, -0.25) is 9.78 Å². The lowest BCUT2D eigenvalue weighted by molar-refractivity contribution is -0.153. The number of methoxy groups -OCH3 is 1. The number of halogens is 2. The molecule has 1 aromatic heterocycles. The first-order valence-electron chi connectivity index (χ1n) is 13.1. The number of aliphatic hydroxyl groups excluding tert-OH is 1. The van der Waals surface area contributed by atoms with Gasteiger partial charge in [0.15, 0.2) is 0 Å². The van der Waals surface area contributed by atoms with Crippen LogP contribution in [0.25, 0.3) is 10.9 Å². The Morgan fingerprint density at radius 3 is 2.49 bits per heavy atom. The molecule has 10 heteroatoms. The maximum absolute atomic E-state index is 13.4. The van der Waals surface area contributed by atoms with Gasteiger partial charge >= 0.3 is 5.97 Å². The predicted molar refractivity (Wildman–Crippen MR) is 147 cm³/mol. The van der Waals surface area contributed by atoms with Gasteiger partial charge in [0.25, 0.3) is 0 Å². The molecule has 0 bridgehead atoms. The summed E-state index contributed by atoms with van der Waals surface area (Å²) in [6, 6.07) is 8.82. The van der Waals surface area contributed by atoms with Crippen molar-refractivity contribution in [1.29, 1.82) is 0 Å². The van der Waals surface area contributed by atoms with Gasteiger partial charge in [0.05, 0.1) is 36.0 Å². The molecule has 2 heterocycles. The number of pyridine rings is 1. The van der Waals surface area contributed by atoms with Crippen LogP contribution >= 0.6 is 0 Å². The smallest absolute Gasteiger partial charge is 0.309 e. The Bertz CT molecular complexity index is 1290. The third kappa shape index (κ3) is 6.57. The highest BCUT2D eigenvalue weighted by Gasteiger charge is 2.41. The van der Waals surface area contributed by atoms with Crippen LogP contribution in [0.15, 0.2) is 42.6 Å². The number of likely N-dealkylation sites (tertiary alicyclic amines) is 1. The van der Waals surface area contributed by atoms with Gasteiger partial charge in [0, 0.05) is 49.9 Å². The standard InChI is InChI=1S/C29H36F2N4O4/c1-34(2)25-18-33-24-5-4-22(39-3)17-23(24)27(25)26(36)6-7-29(28(37)38)8-11-35(12-9-29)13-10-32-21-15-19(30)14-20(31)16-21/h4-5,14-18,26,32,36H,6-13H2,1-3H3,(H,37,38)/t26-/m1/s1. The number of fused-ring (bicyclic) bond motifs is 1. The molecule has 2 aromatic carbocycles. The monoisotopic (exact) mass is 542 g/mol. The molecule has 0 spiro atoms. The average molecular weight is 543 g/mol. The van der Waals surface area contributed by atoms with Crippen molar-refractivity contribution in [3.05, 3.63) is 59.8 Å². The largest absolute Gasteiger partial charge is 0.497 e. The summed E-state index contributed by atoms with van der Waals surface area (Å²) in [5.74, 6) is -1.47. The predicted octanol–water partition coefficient (Wildman–Crippen LogP) is 4.68. The number of piperidine rings is 1. The van der Waals surface area contributed by atoms with Crippen LogP contribution in [0, 0.1) is 17.0 Å².